The van der Waals surface area contributed by atoms with E-state index in [1.807, 2.05) is 18.2 Å². The fourth-order valence-corrected chi connectivity index (χ4v) is 8.17. The molecule has 0 aromatic rings. The van der Waals surface area contributed by atoms with Crippen LogP contribution in [0.4, 0.5) is 0 Å². The van der Waals surface area contributed by atoms with Gasteiger partial charge in [-0.3, -0.25) is 9.10 Å². The van der Waals surface area contributed by atoms with E-state index in [4.69, 9.17) is 0 Å². The van der Waals surface area contributed by atoms with Crippen LogP contribution < -0.4 is 0 Å². The van der Waals surface area contributed by atoms with Crippen LogP contribution in [-0.2, 0) is 14.8 Å². The Morgan fingerprint density at radius 2 is 1.79 bits per heavy atom. The summed E-state index contributed by atoms with van der Waals surface area (Å²) in [6.45, 7) is 4.85. The average molecular weight is 375 g/mol. The molecule has 2 aliphatic carbocycles. The highest BCUT2D eigenvalue weighted by Gasteiger charge is 2.47. The van der Waals surface area contributed by atoms with Gasteiger partial charge in [0.15, 0.2) is 0 Å². The van der Waals surface area contributed by atoms with Crippen LogP contribution in [0.15, 0.2) is 0 Å². The molecule has 1 amide bonds. The van der Waals surface area contributed by atoms with E-state index in [9.17, 15) is 13.2 Å². The molecule has 0 aromatic carbocycles. The number of nitrogens with zero attached hydrogens (tertiary/aromatic N) is 2. The van der Waals surface area contributed by atoms with E-state index >= 15 is 0 Å². The van der Waals surface area contributed by atoms with Gasteiger partial charge in [0.25, 0.3) is 0 Å². The molecule has 0 radical (unpaired) electrons. The summed E-state index contributed by atoms with van der Waals surface area (Å²) in [5.41, 5.74) is 0. The molecular formula is C17H30N2O3S2. The zero-order chi connectivity index (χ0) is 17.3. The van der Waals surface area contributed by atoms with Crippen molar-refractivity contribution in [3.8, 4) is 0 Å². The van der Waals surface area contributed by atoms with Gasteiger partial charge in [0.2, 0.25) is 15.9 Å². The summed E-state index contributed by atoms with van der Waals surface area (Å²) < 4.78 is 29.3. The minimum absolute atomic E-state index is 0.0946. The maximum absolute atomic E-state index is 12.9. The van der Waals surface area contributed by atoms with Gasteiger partial charge in [-0.15, -0.1) is 0 Å². The first-order valence-corrected chi connectivity index (χ1v) is 11.8. The van der Waals surface area contributed by atoms with E-state index in [2.05, 4.69) is 0 Å². The second-order valence-electron chi connectivity index (χ2n) is 7.27. The first kappa shape index (κ1) is 18.5. The number of hydrogen-bond acceptors (Lipinski definition) is 4. The molecule has 138 valence electrons. The van der Waals surface area contributed by atoms with E-state index in [0.717, 1.165) is 38.5 Å². The van der Waals surface area contributed by atoms with Gasteiger partial charge in [-0.2, -0.15) is 0 Å². The Morgan fingerprint density at radius 3 is 2.46 bits per heavy atom. The molecule has 3 rings (SSSR count). The molecule has 5 nitrogen and oxygen atoms in total. The second kappa shape index (κ2) is 7.54. The predicted octanol–water partition coefficient (Wildman–Crippen LogP) is 3.02. The number of sulfonamides is 1. The van der Waals surface area contributed by atoms with Crippen LogP contribution in [0.5, 0.6) is 0 Å². The normalized spacial score (nSPS) is 34.6. The Morgan fingerprint density at radius 1 is 1.08 bits per heavy atom. The SMILES string of the molecule is CCN(CC)S(=O)(=O)C1CCCC(N2SC3CCCCC3C2=O)C1. The molecule has 0 bridgehead atoms. The van der Waals surface area contributed by atoms with Crippen molar-refractivity contribution in [2.45, 2.75) is 81.8 Å². The van der Waals surface area contributed by atoms with Crippen molar-refractivity contribution in [1.82, 2.24) is 8.61 Å². The largest absolute Gasteiger partial charge is 0.283 e. The average Bonchev–Trinajstić information content (AvgIpc) is 2.93. The van der Waals surface area contributed by atoms with Crippen LogP contribution in [0.3, 0.4) is 0 Å². The first-order chi connectivity index (χ1) is 11.5. The summed E-state index contributed by atoms with van der Waals surface area (Å²) in [5, 5.41) is 0.109. The molecule has 24 heavy (non-hydrogen) atoms. The maximum Gasteiger partial charge on any atom is 0.236 e. The third-order valence-electron chi connectivity index (χ3n) is 5.90. The number of carbonyl (C=O) groups is 1. The molecule has 7 heteroatoms. The van der Waals surface area contributed by atoms with Crippen molar-refractivity contribution in [2.24, 2.45) is 5.92 Å². The van der Waals surface area contributed by atoms with Crippen LogP contribution in [0.1, 0.15) is 65.2 Å². The van der Waals surface area contributed by atoms with Gasteiger partial charge in [0.05, 0.1) is 11.2 Å². The van der Waals surface area contributed by atoms with E-state index < -0.39 is 10.0 Å². The number of amides is 1. The minimum Gasteiger partial charge on any atom is -0.283 e. The standard InChI is InChI=1S/C17H30N2O3S2/c1-3-18(4-2)24(21,22)14-9-7-8-13(12-14)19-17(20)15-10-5-6-11-16(15)23-19/h13-16H,3-12H2,1-2H3. The van der Waals surface area contributed by atoms with E-state index in [1.54, 1.807) is 16.3 Å². The van der Waals surface area contributed by atoms with Crippen LogP contribution in [-0.4, -0.2) is 52.6 Å². The van der Waals surface area contributed by atoms with Crippen LogP contribution in [0.2, 0.25) is 0 Å². The van der Waals surface area contributed by atoms with Crippen LogP contribution in [0.25, 0.3) is 0 Å². The van der Waals surface area contributed by atoms with E-state index in [1.165, 1.54) is 6.42 Å². The molecule has 4 atom stereocenters. The summed E-state index contributed by atoms with van der Waals surface area (Å²) in [5.74, 6) is 0.458. The van der Waals surface area contributed by atoms with E-state index in [0.29, 0.717) is 24.8 Å². The Labute approximate surface area is 150 Å². The van der Waals surface area contributed by atoms with Crippen molar-refractivity contribution >= 4 is 27.9 Å². The third kappa shape index (κ3) is 3.36. The molecular weight excluding hydrogens is 344 g/mol. The number of fused-ring (bicyclic) bond motifs is 1. The summed E-state index contributed by atoms with van der Waals surface area (Å²) in [6.07, 6.45) is 7.71. The maximum atomic E-state index is 12.9. The van der Waals surface area contributed by atoms with Crippen molar-refractivity contribution in [3.63, 3.8) is 0 Å². The highest BCUT2D eigenvalue weighted by molar-refractivity contribution is 7.98. The molecule has 3 fully saturated rings. The lowest BCUT2D eigenvalue weighted by atomic mass is 9.87. The number of carbonyl (C=O) groups excluding carboxylic acids is 1. The monoisotopic (exact) mass is 374 g/mol. The Kier molecular flexibility index (Phi) is 5.82. The lowest BCUT2D eigenvalue weighted by molar-refractivity contribution is -0.131. The highest BCUT2D eigenvalue weighted by Crippen LogP contribution is 2.46. The third-order valence-corrected chi connectivity index (χ3v) is 9.95. The lowest BCUT2D eigenvalue weighted by Crippen LogP contribution is -2.45. The van der Waals surface area contributed by atoms with Gasteiger partial charge in [0, 0.05) is 24.4 Å². The molecule has 1 heterocycles. The van der Waals surface area contributed by atoms with Crippen molar-refractivity contribution < 1.29 is 13.2 Å². The smallest absolute Gasteiger partial charge is 0.236 e. The fourth-order valence-electron chi connectivity index (χ4n) is 4.53. The van der Waals surface area contributed by atoms with Crippen LogP contribution in [0, 0.1) is 5.92 Å². The van der Waals surface area contributed by atoms with Gasteiger partial charge in [-0.05, 0) is 44.1 Å². The summed E-state index contributed by atoms with van der Waals surface area (Å²) >= 11 is 1.72. The zero-order valence-electron chi connectivity index (χ0n) is 14.8. The number of rotatable bonds is 5. The van der Waals surface area contributed by atoms with Crippen molar-refractivity contribution in [3.05, 3.63) is 0 Å². The molecule has 0 spiro atoms. The predicted molar refractivity (Wildman–Crippen MR) is 98.1 cm³/mol. The minimum atomic E-state index is -3.24. The quantitative estimate of drug-likeness (QED) is 0.694. The van der Waals surface area contributed by atoms with Crippen molar-refractivity contribution in [2.75, 3.05) is 13.1 Å². The van der Waals surface area contributed by atoms with E-state index in [-0.39, 0.29) is 23.1 Å². The first-order valence-electron chi connectivity index (χ1n) is 9.47. The fraction of sp³-hybridized carbons (Fsp3) is 0.941. The van der Waals surface area contributed by atoms with Gasteiger partial charge < -0.3 is 0 Å². The Bertz CT molecular complexity index is 562. The van der Waals surface area contributed by atoms with Gasteiger partial charge in [-0.25, -0.2) is 12.7 Å². The summed E-state index contributed by atoms with van der Waals surface area (Å²) in [6, 6.07) is 0.0946. The molecule has 0 aromatic heterocycles. The molecule has 1 aliphatic heterocycles. The topological polar surface area (TPSA) is 57.7 Å². The molecule has 1 saturated heterocycles. The second-order valence-corrected chi connectivity index (χ2v) is 10.7. The van der Waals surface area contributed by atoms with Crippen molar-refractivity contribution in [1.29, 1.82) is 0 Å². The summed E-state index contributed by atoms with van der Waals surface area (Å²) in [4.78, 5) is 12.8. The lowest BCUT2D eigenvalue weighted by Gasteiger charge is -2.36. The molecule has 0 N–H and O–H groups in total. The Balaban J connectivity index is 1.71. The van der Waals surface area contributed by atoms with Gasteiger partial charge in [0.1, 0.15) is 0 Å². The van der Waals surface area contributed by atoms with Gasteiger partial charge in [-0.1, -0.05) is 33.1 Å². The molecule has 4 unspecified atom stereocenters. The highest BCUT2D eigenvalue weighted by atomic mass is 32.2. The number of hydrogen-bond donors (Lipinski definition) is 0. The zero-order valence-corrected chi connectivity index (χ0v) is 16.4. The summed E-state index contributed by atoms with van der Waals surface area (Å²) in [7, 11) is -3.24. The molecule has 2 saturated carbocycles. The van der Waals surface area contributed by atoms with Crippen LogP contribution >= 0.6 is 11.9 Å². The van der Waals surface area contributed by atoms with Gasteiger partial charge >= 0.3 is 0 Å². The molecule has 3 aliphatic rings. The Hall–Kier alpha value is -0.270.